The second-order valence-electron chi connectivity index (χ2n) is 6.50. The van der Waals surface area contributed by atoms with Gasteiger partial charge in [-0.25, -0.2) is 0 Å². The minimum atomic E-state index is -4.60. The molecule has 1 aliphatic rings. The molecule has 0 spiro atoms. The number of halogens is 3. The van der Waals surface area contributed by atoms with Crippen LogP contribution in [-0.2, 0) is 6.18 Å². The lowest BCUT2D eigenvalue weighted by Crippen LogP contribution is -2.38. The number of rotatable bonds is 2. The van der Waals surface area contributed by atoms with Crippen molar-refractivity contribution < 1.29 is 22.8 Å². The van der Waals surface area contributed by atoms with Crippen LogP contribution in [0.4, 0.5) is 13.2 Å². The average Bonchev–Trinajstić information content (AvgIpc) is 2.93. The van der Waals surface area contributed by atoms with Gasteiger partial charge in [-0.1, -0.05) is 24.3 Å². The van der Waals surface area contributed by atoms with E-state index in [9.17, 15) is 22.8 Å². The van der Waals surface area contributed by atoms with Crippen LogP contribution in [-0.4, -0.2) is 47.8 Å². The Balaban J connectivity index is 1.75. The third kappa shape index (κ3) is 4.32. The van der Waals surface area contributed by atoms with Crippen LogP contribution in [0, 0.1) is 0 Å². The molecule has 1 heterocycles. The monoisotopic (exact) mass is 408 g/mol. The molecule has 28 heavy (non-hydrogen) atoms. The highest BCUT2D eigenvalue weighted by atomic mass is 32.1. The van der Waals surface area contributed by atoms with Gasteiger partial charge in [0.25, 0.3) is 11.8 Å². The van der Waals surface area contributed by atoms with E-state index in [1.807, 2.05) is 0 Å². The molecule has 1 saturated heterocycles. The molecule has 0 atom stereocenters. The van der Waals surface area contributed by atoms with Crippen molar-refractivity contribution in [2.75, 3.05) is 26.2 Å². The SMILES string of the molecule is O=C(c1ccccc1S)N1CCCN(C(=O)c2ccccc2C(F)(F)F)CC1. The topological polar surface area (TPSA) is 40.6 Å². The second kappa shape index (κ2) is 8.26. The number of thiol groups is 1. The van der Waals surface area contributed by atoms with Gasteiger partial charge in [-0.2, -0.15) is 13.2 Å². The molecule has 3 rings (SSSR count). The fourth-order valence-electron chi connectivity index (χ4n) is 3.24. The molecular weight excluding hydrogens is 389 g/mol. The van der Waals surface area contributed by atoms with Gasteiger partial charge in [-0.15, -0.1) is 12.6 Å². The van der Waals surface area contributed by atoms with Crippen molar-refractivity contribution in [1.82, 2.24) is 9.80 Å². The summed E-state index contributed by atoms with van der Waals surface area (Å²) in [6.07, 6.45) is -4.11. The van der Waals surface area contributed by atoms with Crippen molar-refractivity contribution in [2.24, 2.45) is 0 Å². The Morgan fingerprint density at radius 2 is 1.29 bits per heavy atom. The maximum Gasteiger partial charge on any atom is 0.417 e. The van der Waals surface area contributed by atoms with Crippen LogP contribution < -0.4 is 0 Å². The third-order valence-electron chi connectivity index (χ3n) is 4.67. The highest BCUT2D eigenvalue weighted by Gasteiger charge is 2.36. The Morgan fingerprint density at radius 1 is 0.786 bits per heavy atom. The van der Waals surface area contributed by atoms with Crippen molar-refractivity contribution in [1.29, 1.82) is 0 Å². The van der Waals surface area contributed by atoms with E-state index in [0.717, 1.165) is 6.07 Å². The normalized spacial score (nSPS) is 15.3. The van der Waals surface area contributed by atoms with Crippen LogP contribution in [0.25, 0.3) is 0 Å². The molecule has 0 bridgehead atoms. The van der Waals surface area contributed by atoms with Crippen LogP contribution in [0.5, 0.6) is 0 Å². The van der Waals surface area contributed by atoms with E-state index in [0.29, 0.717) is 23.4 Å². The summed E-state index contributed by atoms with van der Waals surface area (Å²) >= 11 is 4.30. The Hall–Kier alpha value is -2.48. The molecule has 2 aromatic carbocycles. The maximum atomic E-state index is 13.2. The number of hydrogen-bond donors (Lipinski definition) is 1. The van der Waals surface area contributed by atoms with E-state index < -0.39 is 17.6 Å². The predicted molar refractivity (Wildman–Crippen MR) is 102 cm³/mol. The lowest BCUT2D eigenvalue weighted by Gasteiger charge is -2.23. The zero-order valence-electron chi connectivity index (χ0n) is 14.9. The maximum absolute atomic E-state index is 13.2. The van der Waals surface area contributed by atoms with Gasteiger partial charge in [0.1, 0.15) is 0 Å². The summed E-state index contributed by atoms with van der Waals surface area (Å²) in [4.78, 5) is 29.0. The van der Waals surface area contributed by atoms with Crippen LogP contribution in [0.1, 0.15) is 32.7 Å². The quantitative estimate of drug-likeness (QED) is 0.764. The molecule has 0 aliphatic carbocycles. The first-order valence-corrected chi connectivity index (χ1v) is 9.26. The Kier molecular flexibility index (Phi) is 5.98. The molecule has 2 aromatic rings. The predicted octanol–water partition coefficient (Wildman–Crippen LogP) is 3.98. The molecule has 0 N–H and O–H groups in total. The van der Waals surface area contributed by atoms with Crippen molar-refractivity contribution in [3.63, 3.8) is 0 Å². The summed E-state index contributed by atoms with van der Waals surface area (Å²) in [7, 11) is 0. The summed E-state index contributed by atoms with van der Waals surface area (Å²) < 4.78 is 39.7. The van der Waals surface area contributed by atoms with Gasteiger partial charge in [-0.05, 0) is 30.7 Å². The van der Waals surface area contributed by atoms with Crippen molar-refractivity contribution in [2.45, 2.75) is 17.5 Å². The van der Waals surface area contributed by atoms with E-state index >= 15 is 0 Å². The fourth-order valence-corrected chi connectivity index (χ4v) is 3.49. The number of alkyl halides is 3. The zero-order valence-corrected chi connectivity index (χ0v) is 15.8. The van der Waals surface area contributed by atoms with Gasteiger partial charge in [0.2, 0.25) is 0 Å². The lowest BCUT2D eigenvalue weighted by molar-refractivity contribution is -0.138. The van der Waals surface area contributed by atoms with Crippen molar-refractivity contribution in [3.8, 4) is 0 Å². The van der Waals surface area contributed by atoms with Gasteiger partial charge in [0.15, 0.2) is 0 Å². The minimum absolute atomic E-state index is 0.172. The number of nitrogens with zero attached hydrogens (tertiary/aromatic N) is 2. The van der Waals surface area contributed by atoms with Crippen LogP contribution >= 0.6 is 12.6 Å². The number of carbonyl (C=O) groups is 2. The smallest absolute Gasteiger partial charge is 0.337 e. The molecule has 1 aliphatic heterocycles. The largest absolute Gasteiger partial charge is 0.417 e. The standard InChI is InChI=1S/C20H19F3N2O2S/c21-20(22,23)16-8-3-1-6-14(16)18(26)24-10-5-11-25(13-12-24)19(27)15-7-2-4-9-17(15)28/h1-4,6-9,28H,5,10-13H2. The third-order valence-corrected chi connectivity index (χ3v) is 5.06. The van der Waals surface area contributed by atoms with Crippen LogP contribution in [0.15, 0.2) is 53.4 Å². The summed E-state index contributed by atoms with van der Waals surface area (Å²) in [6.45, 7) is 1.13. The van der Waals surface area contributed by atoms with Gasteiger partial charge >= 0.3 is 6.18 Å². The molecule has 0 aromatic heterocycles. The number of amides is 2. The van der Waals surface area contributed by atoms with Gasteiger partial charge < -0.3 is 9.80 Å². The molecule has 148 valence electrons. The molecule has 2 amide bonds. The number of hydrogen-bond acceptors (Lipinski definition) is 3. The highest BCUT2D eigenvalue weighted by molar-refractivity contribution is 7.80. The zero-order chi connectivity index (χ0) is 20.3. The first-order chi connectivity index (χ1) is 13.3. The lowest BCUT2D eigenvalue weighted by atomic mass is 10.1. The molecule has 4 nitrogen and oxygen atoms in total. The van der Waals surface area contributed by atoms with E-state index in [1.165, 1.54) is 23.1 Å². The van der Waals surface area contributed by atoms with E-state index in [2.05, 4.69) is 12.6 Å². The molecule has 0 saturated carbocycles. The van der Waals surface area contributed by atoms with Crippen LogP contribution in [0.2, 0.25) is 0 Å². The Bertz CT molecular complexity index is 886. The molecule has 8 heteroatoms. The molecule has 0 radical (unpaired) electrons. The van der Waals surface area contributed by atoms with E-state index in [4.69, 9.17) is 0 Å². The molecular formula is C20H19F3N2O2S. The molecule has 1 fully saturated rings. The molecule has 0 unspecified atom stereocenters. The summed E-state index contributed by atoms with van der Waals surface area (Å²) in [5, 5.41) is 0. The number of carbonyl (C=O) groups excluding carboxylic acids is 2. The highest BCUT2D eigenvalue weighted by Crippen LogP contribution is 2.32. The van der Waals surface area contributed by atoms with E-state index in [-0.39, 0.29) is 31.1 Å². The van der Waals surface area contributed by atoms with E-state index in [1.54, 1.807) is 29.2 Å². The van der Waals surface area contributed by atoms with Gasteiger partial charge in [-0.3, -0.25) is 9.59 Å². The van der Waals surface area contributed by atoms with Crippen LogP contribution in [0.3, 0.4) is 0 Å². The Labute approximate surface area is 166 Å². The van der Waals surface area contributed by atoms with Crippen molar-refractivity contribution in [3.05, 3.63) is 65.2 Å². The second-order valence-corrected chi connectivity index (χ2v) is 6.98. The first-order valence-electron chi connectivity index (χ1n) is 8.82. The minimum Gasteiger partial charge on any atom is -0.337 e. The number of benzene rings is 2. The average molecular weight is 408 g/mol. The first kappa shape index (κ1) is 20.3. The summed E-state index contributed by atoms with van der Waals surface area (Å²) in [5.74, 6) is -0.868. The van der Waals surface area contributed by atoms with Gasteiger partial charge in [0.05, 0.1) is 16.7 Å². The summed E-state index contributed by atoms with van der Waals surface area (Å²) in [5.41, 5.74) is -0.843. The fraction of sp³-hybridized carbons (Fsp3) is 0.300. The summed E-state index contributed by atoms with van der Waals surface area (Å²) in [6, 6.07) is 11.7. The van der Waals surface area contributed by atoms with Crippen molar-refractivity contribution >= 4 is 24.4 Å². The van der Waals surface area contributed by atoms with Gasteiger partial charge in [0, 0.05) is 31.1 Å². The Morgan fingerprint density at radius 3 is 1.86 bits per heavy atom.